The highest BCUT2D eigenvalue weighted by Crippen LogP contribution is 2.28. The van der Waals surface area contributed by atoms with Crippen LogP contribution in [0.5, 0.6) is 0 Å². The second-order valence-corrected chi connectivity index (χ2v) is 3.51. The third kappa shape index (κ3) is 2.07. The molecule has 0 aliphatic carbocycles. The summed E-state index contributed by atoms with van der Waals surface area (Å²) in [6, 6.07) is 8.01. The summed E-state index contributed by atoms with van der Waals surface area (Å²) in [5, 5.41) is 0.545. The van der Waals surface area contributed by atoms with E-state index < -0.39 is 0 Å². The number of aromatic nitrogens is 1. The van der Waals surface area contributed by atoms with E-state index in [0.717, 1.165) is 6.20 Å². The topological polar surface area (TPSA) is 38.9 Å². The molecule has 0 unspecified atom stereocenters. The molecule has 1 heterocycles. The molecule has 0 fully saturated rings. The minimum absolute atomic E-state index is 0.376. The quantitative estimate of drug-likeness (QED) is 0.753. The van der Waals surface area contributed by atoms with Crippen LogP contribution in [0.15, 0.2) is 36.5 Å². The molecule has 1 aromatic carbocycles. The van der Waals surface area contributed by atoms with Crippen molar-refractivity contribution in [3.05, 3.63) is 47.4 Å². The van der Waals surface area contributed by atoms with Crippen LogP contribution < -0.4 is 5.73 Å². The Morgan fingerprint density at radius 2 is 2.00 bits per heavy atom. The third-order valence-electron chi connectivity index (χ3n) is 1.99. The van der Waals surface area contributed by atoms with Crippen LogP contribution in [0.4, 0.5) is 10.1 Å². The lowest BCUT2D eigenvalue weighted by Gasteiger charge is -2.04. The van der Waals surface area contributed by atoms with E-state index in [9.17, 15) is 4.39 Å². The van der Waals surface area contributed by atoms with Crippen LogP contribution in [0, 0.1) is 5.82 Å². The summed E-state index contributed by atoms with van der Waals surface area (Å²) in [6.45, 7) is 0. The van der Waals surface area contributed by atoms with Gasteiger partial charge in [0.1, 0.15) is 5.82 Å². The molecule has 0 atom stereocenters. The predicted octanol–water partition coefficient (Wildman–Crippen LogP) is 3.12. The summed E-state index contributed by atoms with van der Waals surface area (Å²) < 4.78 is 12.7. The first kappa shape index (κ1) is 9.93. The predicted molar refractivity (Wildman–Crippen MR) is 59.1 cm³/mol. The van der Waals surface area contributed by atoms with Crippen LogP contribution in [-0.4, -0.2) is 4.98 Å². The van der Waals surface area contributed by atoms with Crippen molar-refractivity contribution in [1.82, 2.24) is 4.98 Å². The Morgan fingerprint density at radius 3 is 2.67 bits per heavy atom. The van der Waals surface area contributed by atoms with Crippen molar-refractivity contribution in [2.75, 3.05) is 5.73 Å². The smallest absolute Gasteiger partial charge is 0.141 e. The third-order valence-corrected chi connectivity index (χ3v) is 2.32. The Bertz CT molecular complexity index is 482. The van der Waals surface area contributed by atoms with Gasteiger partial charge in [0.2, 0.25) is 0 Å². The molecule has 0 aliphatic heterocycles. The van der Waals surface area contributed by atoms with Gasteiger partial charge in [0, 0.05) is 11.3 Å². The molecule has 15 heavy (non-hydrogen) atoms. The molecule has 2 nitrogen and oxygen atoms in total. The standard InChI is InChI=1S/C11H8ClFN2/c12-10-3-2-8(14)5-9(10)11-4-1-7(13)6-15-11/h1-6H,14H2. The maximum absolute atomic E-state index is 12.7. The minimum atomic E-state index is -0.376. The Morgan fingerprint density at radius 1 is 1.20 bits per heavy atom. The van der Waals surface area contributed by atoms with Crippen molar-refractivity contribution in [3.8, 4) is 11.3 Å². The summed E-state index contributed by atoms with van der Waals surface area (Å²) in [7, 11) is 0. The highest BCUT2D eigenvalue weighted by Gasteiger charge is 2.05. The first-order valence-electron chi connectivity index (χ1n) is 4.34. The summed E-state index contributed by atoms with van der Waals surface area (Å²) in [5.41, 5.74) is 7.54. The summed E-state index contributed by atoms with van der Waals surface area (Å²) in [5.74, 6) is -0.376. The summed E-state index contributed by atoms with van der Waals surface area (Å²) >= 11 is 5.98. The number of halogens is 2. The molecule has 2 rings (SSSR count). The normalized spacial score (nSPS) is 10.3. The maximum atomic E-state index is 12.7. The molecular weight excluding hydrogens is 215 g/mol. The fourth-order valence-corrected chi connectivity index (χ4v) is 1.49. The minimum Gasteiger partial charge on any atom is -0.399 e. The van der Waals surface area contributed by atoms with Crippen molar-refractivity contribution in [2.24, 2.45) is 0 Å². The molecule has 4 heteroatoms. The number of hydrogen-bond donors (Lipinski definition) is 1. The van der Waals surface area contributed by atoms with Crippen LogP contribution in [0.2, 0.25) is 5.02 Å². The zero-order chi connectivity index (χ0) is 10.8. The molecule has 0 bridgehead atoms. The Kier molecular flexibility index (Phi) is 2.56. The van der Waals surface area contributed by atoms with Crippen molar-refractivity contribution in [3.63, 3.8) is 0 Å². The molecule has 76 valence electrons. The van der Waals surface area contributed by atoms with E-state index in [4.69, 9.17) is 17.3 Å². The largest absolute Gasteiger partial charge is 0.399 e. The van der Waals surface area contributed by atoms with E-state index in [0.29, 0.717) is 22.0 Å². The van der Waals surface area contributed by atoms with Gasteiger partial charge < -0.3 is 5.73 Å². The number of rotatable bonds is 1. The Labute approximate surface area is 91.5 Å². The molecule has 0 radical (unpaired) electrons. The monoisotopic (exact) mass is 222 g/mol. The number of nitrogens with zero attached hydrogens (tertiary/aromatic N) is 1. The van der Waals surface area contributed by atoms with E-state index in [1.165, 1.54) is 6.07 Å². The van der Waals surface area contributed by atoms with Gasteiger partial charge in [-0.2, -0.15) is 0 Å². The highest BCUT2D eigenvalue weighted by molar-refractivity contribution is 6.33. The van der Waals surface area contributed by atoms with Crippen molar-refractivity contribution >= 4 is 17.3 Å². The second-order valence-electron chi connectivity index (χ2n) is 3.10. The van der Waals surface area contributed by atoms with E-state index in [2.05, 4.69) is 4.98 Å². The van der Waals surface area contributed by atoms with Gasteiger partial charge in [-0.15, -0.1) is 0 Å². The average Bonchev–Trinajstić information content (AvgIpc) is 2.23. The van der Waals surface area contributed by atoms with Crippen molar-refractivity contribution in [2.45, 2.75) is 0 Å². The first-order valence-corrected chi connectivity index (χ1v) is 4.71. The zero-order valence-corrected chi connectivity index (χ0v) is 8.50. The van der Waals surface area contributed by atoms with Gasteiger partial charge in [0.15, 0.2) is 0 Å². The molecule has 0 spiro atoms. The van der Waals surface area contributed by atoms with Gasteiger partial charge in [0.25, 0.3) is 0 Å². The van der Waals surface area contributed by atoms with E-state index in [1.54, 1.807) is 24.3 Å². The van der Waals surface area contributed by atoms with Gasteiger partial charge in [-0.25, -0.2) is 4.39 Å². The highest BCUT2D eigenvalue weighted by atomic mass is 35.5. The Balaban J connectivity index is 2.53. The van der Waals surface area contributed by atoms with Crippen molar-refractivity contribution < 1.29 is 4.39 Å². The fourth-order valence-electron chi connectivity index (χ4n) is 1.27. The molecule has 2 N–H and O–H groups in total. The number of hydrogen-bond acceptors (Lipinski definition) is 2. The van der Waals surface area contributed by atoms with E-state index >= 15 is 0 Å². The molecule has 0 amide bonds. The SMILES string of the molecule is Nc1ccc(Cl)c(-c2ccc(F)cn2)c1. The van der Waals surface area contributed by atoms with Gasteiger partial charge in [-0.3, -0.25) is 4.98 Å². The number of pyridine rings is 1. The van der Waals surface area contributed by atoms with Crippen LogP contribution in [0.1, 0.15) is 0 Å². The number of nitrogens with two attached hydrogens (primary N) is 1. The lowest BCUT2D eigenvalue weighted by molar-refractivity contribution is 0.622. The maximum Gasteiger partial charge on any atom is 0.141 e. The number of benzene rings is 1. The van der Waals surface area contributed by atoms with Crippen LogP contribution in [-0.2, 0) is 0 Å². The number of nitrogen functional groups attached to an aromatic ring is 1. The number of anilines is 1. The molecule has 0 saturated heterocycles. The van der Waals surface area contributed by atoms with E-state index in [-0.39, 0.29) is 5.82 Å². The lowest BCUT2D eigenvalue weighted by atomic mass is 10.1. The zero-order valence-electron chi connectivity index (χ0n) is 7.74. The van der Waals surface area contributed by atoms with Crippen LogP contribution >= 0.6 is 11.6 Å². The average molecular weight is 223 g/mol. The van der Waals surface area contributed by atoms with Gasteiger partial charge in [0.05, 0.1) is 16.9 Å². The first-order chi connectivity index (χ1) is 7.16. The summed E-state index contributed by atoms with van der Waals surface area (Å²) in [4.78, 5) is 3.94. The van der Waals surface area contributed by atoms with Crippen LogP contribution in [0.25, 0.3) is 11.3 Å². The van der Waals surface area contributed by atoms with Crippen LogP contribution in [0.3, 0.4) is 0 Å². The van der Waals surface area contributed by atoms with Crippen molar-refractivity contribution in [1.29, 1.82) is 0 Å². The molecule has 0 aliphatic rings. The van der Waals surface area contributed by atoms with Gasteiger partial charge in [-0.1, -0.05) is 11.6 Å². The Hall–Kier alpha value is -1.61. The molecule has 1 aromatic heterocycles. The molecule has 2 aromatic rings. The van der Waals surface area contributed by atoms with E-state index in [1.807, 2.05) is 0 Å². The lowest BCUT2D eigenvalue weighted by Crippen LogP contribution is -1.89. The van der Waals surface area contributed by atoms with Gasteiger partial charge in [-0.05, 0) is 30.3 Å². The fraction of sp³-hybridized carbons (Fsp3) is 0. The van der Waals surface area contributed by atoms with Gasteiger partial charge >= 0.3 is 0 Å². The summed E-state index contributed by atoms with van der Waals surface area (Å²) in [6.07, 6.45) is 1.15. The molecule has 0 saturated carbocycles. The second kappa shape index (κ2) is 3.87. The molecular formula is C11H8ClFN2.